The zero-order valence-electron chi connectivity index (χ0n) is 6.43. The van der Waals surface area contributed by atoms with Crippen LogP contribution in [0.3, 0.4) is 0 Å². The third-order valence-corrected chi connectivity index (χ3v) is 1.63. The molecule has 0 aromatic carbocycles. The van der Waals surface area contributed by atoms with Gasteiger partial charge in [-0.1, -0.05) is 5.92 Å². The van der Waals surface area contributed by atoms with Crippen molar-refractivity contribution in [1.82, 2.24) is 5.32 Å². The lowest BCUT2D eigenvalue weighted by molar-refractivity contribution is 0.168. The molecule has 11 heavy (non-hydrogen) atoms. The second kappa shape index (κ2) is 4.86. The number of carbonyl (C=O) groups excluding carboxylic acids is 1. The van der Waals surface area contributed by atoms with Crippen molar-refractivity contribution in [3.8, 4) is 12.3 Å². The van der Waals surface area contributed by atoms with Crippen molar-refractivity contribution in [2.45, 2.75) is 18.3 Å². The van der Waals surface area contributed by atoms with Gasteiger partial charge in [0.25, 0.3) is 0 Å². The van der Waals surface area contributed by atoms with E-state index in [9.17, 15) is 4.79 Å². The summed E-state index contributed by atoms with van der Waals surface area (Å²) < 4.78 is 4.34. The number of carbonyl (C=O) groups is 1. The predicted molar refractivity (Wildman–Crippen MR) is 43.5 cm³/mol. The largest absolute Gasteiger partial charge is 0.453 e. The van der Waals surface area contributed by atoms with Crippen molar-refractivity contribution in [3.63, 3.8) is 0 Å². The van der Waals surface area contributed by atoms with Crippen LogP contribution in [0.25, 0.3) is 0 Å². The number of nitrogens with one attached hydrogen (secondary N) is 1. The lowest BCUT2D eigenvalue weighted by Gasteiger charge is -2.13. The van der Waals surface area contributed by atoms with Crippen molar-refractivity contribution in [3.05, 3.63) is 0 Å². The van der Waals surface area contributed by atoms with Crippen molar-refractivity contribution in [2.75, 3.05) is 7.11 Å². The molecule has 0 saturated carbocycles. The smallest absolute Gasteiger partial charge is 0.407 e. The minimum atomic E-state index is -0.529. The van der Waals surface area contributed by atoms with Gasteiger partial charge >= 0.3 is 6.09 Å². The fraction of sp³-hybridized carbons (Fsp3) is 0.571. The molecule has 2 atom stereocenters. The first-order chi connectivity index (χ1) is 5.11. The van der Waals surface area contributed by atoms with Gasteiger partial charge in [0.2, 0.25) is 0 Å². The summed E-state index contributed by atoms with van der Waals surface area (Å²) in [5.74, 6) is 2.29. The molecule has 0 aliphatic carbocycles. The Bertz CT molecular complexity index is 176. The van der Waals surface area contributed by atoms with E-state index in [0.717, 1.165) is 0 Å². The van der Waals surface area contributed by atoms with Gasteiger partial charge in [-0.3, -0.25) is 0 Å². The molecule has 4 heteroatoms. The highest BCUT2D eigenvalue weighted by Gasteiger charge is 2.13. The van der Waals surface area contributed by atoms with Gasteiger partial charge < -0.3 is 10.1 Å². The van der Waals surface area contributed by atoms with Gasteiger partial charge in [0, 0.05) is 0 Å². The summed E-state index contributed by atoms with van der Waals surface area (Å²) in [6, 6.07) is -0.283. The zero-order chi connectivity index (χ0) is 8.85. The maximum Gasteiger partial charge on any atom is 0.407 e. The third kappa shape index (κ3) is 3.74. The summed E-state index contributed by atoms with van der Waals surface area (Å²) in [5, 5.41) is 1.94. The number of halogens is 1. The van der Waals surface area contributed by atoms with Crippen LogP contribution in [0.2, 0.25) is 0 Å². The van der Waals surface area contributed by atoms with Crippen LogP contribution in [0, 0.1) is 12.3 Å². The van der Waals surface area contributed by atoms with Crippen LogP contribution in [0.1, 0.15) is 6.92 Å². The number of methoxy groups -OCH3 is 1. The third-order valence-electron chi connectivity index (χ3n) is 1.13. The Hall–Kier alpha value is -0.880. The SMILES string of the molecule is C#C[C@H](Cl)[C@@H](C)NC(=O)OC. The Morgan fingerprint density at radius 1 is 1.82 bits per heavy atom. The Morgan fingerprint density at radius 3 is 2.73 bits per heavy atom. The van der Waals surface area contributed by atoms with E-state index in [-0.39, 0.29) is 6.04 Å². The van der Waals surface area contributed by atoms with Gasteiger partial charge in [0.15, 0.2) is 0 Å². The normalized spacial score (nSPS) is 14.4. The van der Waals surface area contributed by atoms with Crippen molar-refractivity contribution < 1.29 is 9.53 Å². The molecule has 1 N–H and O–H groups in total. The molecule has 0 saturated heterocycles. The average molecular weight is 176 g/mol. The van der Waals surface area contributed by atoms with Crippen molar-refractivity contribution >= 4 is 17.7 Å². The number of rotatable bonds is 2. The summed E-state index contributed by atoms with van der Waals surface area (Å²) >= 11 is 5.61. The molecule has 1 amide bonds. The molecule has 0 aromatic heterocycles. The van der Waals surface area contributed by atoms with Crippen molar-refractivity contribution in [2.24, 2.45) is 0 Å². The lowest BCUT2D eigenvalue weighted by Crippen LogP contribution is -2.38. The van der Waals surface area contributed by atoms with E-state index in [4.69, 9.17) is 18.0 Å². The summed E-state index contributed by atoms with van der Waals surface area (Å²) in [6.45, 7) is 1.70. The Labute approximate surface area is 71.1 Å². The molecule has 0 aliphatic rings. The maximum atomic E-state index is 10.6. The number of alkyl carbamates (subject to hydrolysis) is 1. The van der Waals surface area contributed by atoms with E-state index >= 15 is 0 Å². The Balaban J connectivity index is 3.79. The number of hydrogen-bond acceptors (Lipinski definition) is 2. The summed E-state index contributed by atoms with van der Waals surface area (Å²) in [5.41, 5.74) is 0. The van der Waals surface area contributed by atoms with E-state index < -0.39 is 11.5 Å². The molecule has 0 aromatic rings. The fourth-order valence-electron chi connectivity index (χ4n) is 0.462. The first-order valence-electron chi connectivity index (χ1n) is 3.06. The maximum absolute atomic E-state index is 10.6. The number of alkyl halides is 1. The number of hydrogen-bond donors (Lipinski definition) is 1. The molecule has 0 rings (SSSR count). The average Bonchev–Trinajstić information content (AvgIpc) is 2.02. The molecular formula is C7H10ClNO2. The standard InChI is InChI=1S/C7H10ClNO2/c1-4-6(8)5(2)9-7(10)11-3/h1,5-6H,2-3H3,(H,9,10)/t5-,6+/m1/s1. The summed E-state index contributed by atoms with van der Waals surface area (Å²) in [6.07, 6.45) is 4.49. The van der Waals surface area contributed by atoms with Gasteiger partial charge in [-0.2, -0.15) is 0 Å². The Morgan fingerprint density at radius 2 is 2.36 bits per heavy atom. The number of terminal acetylenes is 1. The van der Waals surface area contributed by atoms with Crippen LogP contribution < -0.4 is 5.32 Å². The highest BCUT2D eigenvalue weighted by Crippen LogP contribution is 2.00. The minimum Gasteiger partial charge on any atom is -0.453 e. The molecule has 0 unspecified atom stereocenters. The molecule has 62 valence electrons. The molecular weight excluding hydrogens is 166 g/mol. The van der Waals surface area contributed by atoms with E-state index in [0.29, 0.717) is 0 Å². The molecule has 0 fully saturated rings. The summed E-state index contributed by atoms with van der Waals surface area (Å²) in [7, 11) is 1.28. The van der Waals surface area contributed by atoms with Gasteiger partial charge in [0.05, 0.1) is 13.2 Å². The van der Waals surface area contributed by atoms with Crippen LogP contribution >= 0.6 is 11.6 Å². The fourth-order valence-corrected chi connectivity index (χ4v) is 0.525. The second-order valence-corrected chi connectivity index (χ2v) is 2.46. The zero-order valence-corrected chi connectivity index (χ0v) is 7.18. The van der Waals surface area contributed by atoms with Crippen LogP contribution in [0.15, 0.2) is 0 Å². The highest BCUT2D eigenvalue weighted by atomic mass is 35.5. The minimum absolute atomic E-state index is 0.283. The summed E-state index contributed by atoms with van der Waals surface area (Å²) in [4.78, 5) is 10.6. The monoisotopic (exact) mass is 175 g/mol. The second-order valence-electron chi connectivity index (χ2n) is 1.99. The number of ether oxygens (including phenoxy) is 1. The van der Waals surface area contributed by atoms with Gasteiger partial charge in [-0.25, -0.2) is 4.79 Å². The molecule has 0 heterocycles. The van der Waals surface area contributed by atoms with Gasteiger partial charge in [-0.15, -0.1) is 18.0 Å². The number of amides is 1. The molecule has 0 radical (unpaired) electrons. The Kier molecular flexibility index (Phi) is 4.47. The van der Waals surface area contributed by atoms with Crippen LogP contribution in [0.5, 0.6) is 0 Å². The van der Waals surface area contributed by atoms with E-state index in [2.05, 4.69) is 16.0 Å². The van der Waals surface area contributed by atoms with Gasteiger partial charge in [0.1, 0.15) is 5.38 Å². The molecule has 0 bridgehead atoms. The van der Waals surface area contributed by atoms with E-state index in [1.807, 2.05) is 0 Å². The first kappa shape index (κ1) is 10.1. The lowest BCUT2D eigenvalue weighted by atomic mass is 10.2. The van der Waals surface area contributed by atoms with Crippen LogP contribution in [-0.4, -0.2) is 24.6 Å². The van der Waals surface area contributed by atoms with E-state index in [1.165, 1.54) is 7.11 Å². The van der Waals surface area contributed by atoms with E-state index in [1.54, 1.807) is 6.92 Å². The topological polar surface area (TPSA) is 38.3 Å². The molecule has 0 spiro atoms. The quantitative estimate of drug-likeness (QED) is 0.502. The van der Waals surface area contributed by atoms with Crippen LogP contribution in [-0.2, 0) is 4.74 Å². The highest BCUT2D eigenvalue weighted by molar-refractivity contribution is 6.23. The predicted octanol–water partition coefficient (Wildman–Crippen LogP) is 0.972. The first-order valence-corrected chi connectivity index (χ1v) is 3.50. The van der Waals surface area contributed by atoms with Crippen molar-refractivity contribution in [1.29, 1.82) is 0 Å². The molecule has 0 aliphatic heterocycles. The van der Waals surface area contributed by atoms with Gasteiger partial charge in [-0.05, 0) is 6.92 Å². The van der Waals surface area contributed by atoms with Crippen LogP contribution in [0.4, 0.5) is 4.79 Å². The molecule has 3 nitrogen and oxygen atoms in total.